The maximum atomic E-state index is 13.5. The summed E-state index contributed by atoms with van der Waals surface area (Å²) in [5.74, 6) is -1.24. The van der Waals surface area contributed by atoms with Gasteiger partial charge in [0.25, 0.3) is 0 Å². The molecule has 2 amide bonds. The number of carbonyl (C=O) groups is 2. The second-order valence-electron chi connectivity index (χ2n) is 8.89. The van der Waals surface area contributed by atoms with Crippen LogP contribution in [0.1, 0.15) is 44.6 Å². The molecule has 1 N–H and O–H groups in total. The zero-order valence-corrected chi connectivity index (χ0v) is 22.3. The van der Waals surface area contributed by atoms with Gasteiger partial charge in [-0.15, -0.1) is 0 Å². The summed E-state index contributed by atoms with van der Waals surface area (Å²) in [4.78, 5) is 28.0. The van der Waals surface area contributed by atoms with E-state index >= 15 is 0 Å². The number of amides is 2. The van der Waals surface area contributed by atoms with Crippen molar-refractivity contribution in [2.75, 3.05) is 17.1 Å². The van der Waals surface area contributed by atoms with E-state index in [-0.39, 0.29) is 18.5 Å². The molecular formula is C25H31BrFN3O4S. The van der Waals surface area contributed by atoms with Gasteiger partial charge in [0.05, 0.1) is 11.9 Å². The summed E-state index contributed by atoms with van der Waals surface area (Å²) in [6, 6.07) is 11.6. The summed E-state index contributed by atoms with van der Waals surface area (Å²) >= 11 is 3.35. The number of sulfonamides is 1. The molecule has 1 atom stereocenters. The van der Waals surface area contributed by atoms with Gasteiger partial charge < -0.3 is 10.2 Å². The van der Waals surface area contributed by atoms with E-state index in [1.807, 2.05) is 0 Å². The lowest BCUT2D eigenvalue weighted by Crippen LogP contribution is -2.53. The smallest absolute Gasteiger partial charge is 0.244 e. The minimum Gasteiger partial charge on any atom is -0.352 e. The van der Waals surface area contributed by atoms with Crippen molar-refractivity contribution in [3.8, 4) is 0 Å². The van der Waals surface area contributed by atoms with E-state index in [0.717, 1.165) is 42.7 Å². The fraction of sp³-hybridized carbons (Fsp3) is 0.440. The fourth-order valence-electron chi connectivity index (χ4n) is 4.19. The molecule has 7 nitrogen and oxygen atoms in total. The van der Waals surface area contributed by atoms with Crippen LogP contribution in [0.15, 0.2) is 53.0 Å². The Labute approximate surface area is 214 Å². The molecule has 2 aromatic carbocycles. The maximum Gasteiger partial charge on any atom is 0.244 e. The summed E-state index contributed by atoms with van der Waals surface area (Å²) in [6.45, 7) is 1.18. The zero-order valence-electron chi connectivity index (χ0n) is 19.9. The molecule has 0 saturated heterocycles. The van der Waals surface area contributed by atoms with Gasteiger partial charge in [0, 0.05) is 17.1 Å². The highest BCUT2D eigenvalue weighted by Gasteiger charge is 2.31. The molecule has 35 heavy (non-hydrogen) atoms. The Morgan fingerprint density at radius 3 is 2.31 bits per heavy atom. The minimum absolute atomic E-state index is 0.0337. The number of anilines is 1. The second kappa shape index (κ2) is 12.0. The number of hydrogen-bond acceptors (Lipinski definition) is 4. The van der Waals surface area contributed by atoms with Gasteiger partial charge in [0.15, 0.2) is 0 Å². The molecule has 10 heteroatoms. The van der Waals surface area contributed by atoms with Gasteiger partial charge in [-0.05, 0) is 65.5 Å². The van der Waals surface area contributed by atoms with Crippen LogP contribution in [0.25, 0.3) is 0 Å². The molecule has 0 unspecified atom stereocenters. The lowest BCUT2D eigenvalue weighted by molar-refractivity contribution is -0.139. The molecule has 2 aromatic rings. The van der Waals surface area contributed by atoms with Gasteiger partial charge in [-0.25, -0.2) is 12.8 Å². The fourth-order valence-corrected chi connectivity index (χ4v) is 5.66. The first-order chi connectivity index (χ1) is 16.6. The van der Waals surface area contributed by atoms with E-state index in [9.17, 15) is 22.4 Å². The van der Waals surface area contributed by atoms with Gasteiger partial charge in [-0.3, -0.25) is 13.9 Å². The van der Waals surface area contributed by atoms with Gasteiger partial charge in [0.1, 0.15) is 18.4 Å². The molecule has 0 radical (unpaired) electrons. The Morgan fingerprint density at radius 1 is 1.09 bits per heavy atom. The lowest BCUT2D eigenvalue weighted by atomic mass is 9.95. The average molecular weight is 569 g/mol. The first-order valence-corrected chi connectivity index (χ1v) is 14.3. The Kier molecular flexibility index (Phi) is 9.29. The number of nitrogens with zero attached hydrogens (tertiary/aromatic N) is 2. The van der Waals surface area contributed by atoms with Crippen LogP contribution in [-0.2, 0) is 26.2 Å². The van der Waals surface area contributed by atoms with Gasteiger partial charge in [0.2, 0.25) is 21.8 Å². The summed E-state index contributed by atoms with van der Waals surface area (Å²) in [6.07, 6.45) is 6.07. The van der Waals surface area contributed by atoms with Gasteiger partial charge in [-0.1, -0.05) is 43.5 Å². The van der Waals surface area contributed by atoms with Crippen LogP contribution in [0, 0.1) is 5.82 Å². The van der Waals surface area contributed by atoms with Crippen molar-refractivity contribution < 1.29 is 22.4 Å². The normalized spacial score (nSPS) is 15.3. The van der Waals surface area contributed by atoms with Gasteiger partial charge >= 0.3 is 0 Å². The second-order valence-corrected chi connectivity index (χ2v) is 11.6. The largest absolute Gasteiger partial charge is 0.352 e. The molecule has 190 valence electrons. The number of hydrogen-bond donors (Lipinski definition) is 1. The number of benzene rings is 2. The molecule has 1 aliphatic rings. The van der Waals surface area contributed by atoms with Crippen LogP contribution >= 0.6 is 15.9 Å². The molecule has 1 fully saturated rings. The van der Waals surface area contributed by atoms with E-state index in [2.05, 4.69) is 21.2 Å². The third-order valence-corrected chi connectivity index (χ3v) is 7.98. The minimum atomic E-state index is -3.81. The molecule has 0 bridgehead atoms. The molecular weight excluding hydrogens is 537 g/mol. The van der Waals surface area contributed by atoms with Crippen molar-refractivity contribution in [1.29, 1.82) is 0 Å². The molecule has 3 rings (SSSR count). The third-order valence-electron chi connectivity index (χ3n) is 6.19. The Balaban J connectivity index is 1.87. The van der Waals surface area contributed by atoms with E-state index in [1.54, 1.807) is 43.3 Å². The van der Waals surface area contributed by atoms with Crippen molar-refractivity contribution in [1.82, 2.24) is 10.2 Å². The van der Waals surface area contributed by atoms with Crippen molar-refractivity contribution >= 4 is 43.5 Å². The van der Waals surface area contributed by atoms with Crippen LogP contribution < -0.4 is 9.62 Å². The van der Waals surface area contributed by atoms with Crippen LogP contribution in [-0.4, -0.2) is 50.0 Å². The number of rotatable bonds is 9. The number of nitrogens with one attached hydrogen (secondary N) is 1. The number of halogens is 2. The van der Waals surface area contributed by atoms with Crippen molar-refractivity contribution in [3.63, 3.8) is 0 Å². The summed E-state index contributed by atoms with van der Waals surface area (Å²) in [7, 11) is -3.81. The van der Waals surface area contributed by atoms with Crippen molar-refractivity contribution in [2.24, 2.45) is 0 Å². The van der Waals surface area contributed by atoms with Gasteiger partial charge in [-0.2, -0.15) is 0 Å². The van der Waals surface area contributed by atoms with Crippen LogP contribution in [0.3, 0.4) is 0 Å². The predicted octanol–water partition coefficient (Wildman–Crippen LogP) is 4.22. The van der Waals surface area contributed by atoms with Crippen molar-refractivity contribution in [2.45, 2.75) is 57.7 Å². The Hall–Kier alpha value is -2.46. The van der Waals surface area contributed by atoms with E-state index in [1.165, 1.54) is 17.0 Å². The molecule has 1 aliphatic carbocycles. The van der Waals surface area contributed by atoms with E-state index in [4.69, 9.17) is 0 Å². The third kappa shape index (κ3) is 7.51. The van der Waals surface area contributed by atoms with E-state index in [0.29, 0.717) is 15.7 Å². The van der Waals surface area contributed by atoms with Crippen LogP contribution in [0.4, 0.5) is 10.1 Å². The van der Waals surface area contributed by atoms with Crippen LogP contribution in [0.5, 0.6) is 0 Å². The molecule has 0 aromatic heterocycles. The van der Waals surface area contributed by atoms with Crippen molar-refractivity contribution in [3.05, 3.63) is 64.4 Å². The topological polar surface area (TPSA) is 86.8 Å². The number of para-hydroxylation sites is 1. The highest BCUT2D eigenvalue weighted by molar-refractivity contribution is 9.10. The highest BCUT2D eigenvalue weighted by Crippen LogP contribution is 2.28. The predicted molar refractivity (Wildman–Crippen MR) is 138 cm³/mol. The highest BCUT2D eigenvalue weighted by atomic mass is 79.9. The Bertz CT molecular complexity index is 1140. The summed E-state index contributed by atoms with van der Waals surface area (Å²) < 4.78 is 40.2. The molecule has 0 spiro atoms. The van der Waals surface area contributed by atoms with Crippen LogP contribution in [0.2, 0.25) is 0 Å². The van der Waals surface area contributed by atoms with E-state index < -0.39 is 34.3 Å². The lowest BCUT2D eigenvalue weighted by Gasteiger charge is -2.33. The average Bonchev–Trinajstić information content (AvgIpc) is 2.82. The number of carbonyl (C=O) groups excluding carboxylic acids is 2. The maximum absolute atomic E-state index is 13.5. The first-order valence-electron chi connectivity index (χ1n) is 11.6. The Morgan fingerprint density at radius 2 is 1.71 bits per heavy atom. The molecule has 0 aliphatic heterocycles. The zero-order chi connectivity index (χ0) is 25.6. The SMILES string of the molecule is C[C@H](C(=O)NC1CCCCC1)N(Cc1ccc(F)cc1)C(=O)CN(c1ccccc1Br)S(C)(=O)=O. The standard InChI is InChI=1S/C25H31BrFN3O4S/c1-18(25(32)28-21-8-4-3-5-9-21)29(16-19-12-14-20(27)15-13-19)24(31)17-30(35(2,33)34)23-11-7-6-10-22(23)26/h6-7,10-15,18,21H,3-5,8-9,16-17H2,1-2H3,(H,28,32)/t18-/m1/s1. The molecule has 0 heterocycles. The summed E-state index contributed by atoms with van der Waals surface area (Å²) in [5.41, 5.74) is 0.952. The quantitative estimate of drug-likeness (QED) is 0.491. The monoisotopic (exact) mass is 567 g/mol. The summed E-state index contributed by atoms with van der Waals surface area (Å²) in [5, 5.41) is 3.04. The first kappa shape index (κ1) is 27.1. The molecule has 1 saturated carbocycles.